The average molecular weight is 192 g/mol. The largest absolute Gasteiger partial charge is 0.0656 e. The van der Waals surface area contributed by atoms with E-state index in [1.807, 2.05) is 0 Å². The molecule has 0 saturated carbocycles. The first-order chi connectivity index (χ1) is 6.41. The average Bonchev–Trinajstić information content (AvgIpc) is 2.04. The van der Waals surface area contributed by atoms with Crippen molar-refractivity contribution in [2.45, 2.75) is 53.4 Å². The minimum Gasteiger partial charge on any atom is -0.0656 e. The Morgan fingerprint density at radius 2 is 1.57 bits per heavy atom. The fraction of sp³-hybridized carbons (Fsp3) is 0.571. The third-order valence-corrected chi connectivity index (χ3v) is 1.88. The molecule has 1 aromatic rings. The Bertz CT molecular complexity index is 253. The summed E-state index contributed by atoms with van der Waals surface area (Å²) in [5, 5.41) is 0. The van der Waals surface area contributed by atoms with Crippen LogP contribution in [0.15, 0.2) is 24.3 Å². The van der Waals surface area contributed by atoms with Crippen LogP contribution in [0.3, 0.4) is 0 Å². The van der Waals surface area contributed by atoms with Crippen molar-refractivity contribution in [2.24, 2.45) is 0 Å². The van der Waals surface area contributed by atoms with Crippen LogP contribution in [0.1, 0.15) is 52.2 Å². The lowest BCUT2D eigenvalue weighted by molar-refractivity contribution is 0.590. The Balaban J connectivity index is 0.000000500. The predicted octanol–water partition coefficient (Wildman–Crippen LogP) is 4.71. The first kappa shape index (κ1) is 13.2. The van der Waals surface area contributed by atoms with Crippen molar-refractivity contribution in [3.63, 3.8) is 0 Å². The van der Waals surface area contributed by atoms with Gasteiger partial charge in [0.2, 0.25) is 0 Å². The van der Waals surface area contributed by atoms with E-state index < -0.39 is 0 Å². The molecule has 1 aromatic carbocycles. The summed E-state index contributed by atoms with van der Waals surface area (Å²) >= 11 is 0. The molecule has 14 heavy (non-hydrogen) atoms. The van der Waals surface area contributed by atoms with Crippen molar-refractivity contribution < 1.29 is 0 Å². The quantitative estimate of drug-likeness (QED) is 0.558. The van der Waals surface area contributed by atoms with Crippen LogP contribution >= 0.6 is 0 Å². The summed E-state index contributed by atoms with van der Waals surface area (Å²) in [6.45, 7) is 13.1. The first-order valence-electron chi connectivity index (χ1n) is 5.49. The topological polar surface area (TPSA) is 0 Å². The Hall–Kier alpha value is -0.780. The van der Waals surface area contributed by atoms with Crippen LogP contribution in [0, 0.1) is 6.92 Å². The van der Waals surface area contributed by atoms with E-state index >= 15 is 0 Å². The van der Waals surface area contributed by atoms with Gasteiger partial charge in [-0.1, -0.05) is 70.9 Å². The number of aryl methyl sites for hydroxylation is 1. The van der Waals surface area contributed by atoms with Crippen LogP contribution in [0.4, 0.5) is 0 Å². The van der Waals surface area contributed by atoms with Crippen LogP contribution in [-0.4, -0.2) is 0 Å². The number of rotatable bonds is 0. The maximum absolute atomic E-state index is 2.25. The van der Waals surface area contributed by atoms with Gasteiger partial charge >= 0.3 is 0 Å². The summed E-state index contributed by atoms with van der Waals surface area (Å²) in [4.78, 5) is 0. The van der Waals surface area contributed by atoms with Crippen molar-refractivity contribution >= 4 is 0 Å². The summed E-state index contributed by atoms with van der Waals surface area (Å²) in [6, 6.07) is 8.69. The Morgan fingerprint density at radius 1 is 1.07 bits per heavy atom. The Kier molecular flexibility index (Phi) is 5.52. The van der Waals surface area contributed by atoms with E-state index in [9.17, 15) is 0 Å². The lowest BCUT2D eigenvalue weighted by atomic mass is 9.86. The van der Waals surface area contributed by atoms with Crippen molar-refractivity contribution in [3.05, 3.63) is 35.4 Å². The molecule has 0 aromatic heterocycles. The van der Waals surface area contributed by atoms with Gasteiger partial charge < -0.3 is 0 Å². The highest BCUT2D eigenvalue weighted by Crippen LogP contribution is 2.22. The van der Waals surface area contributed by atoms with Crippen LogP contribution in [-0.2, 0) is 5.41 Å². The monoisotopic (exact) mass is 192 g/mol. The highest BCUT2D eigenvalue weighted by molar-refractivity contribution is 5.27. The van der Waals surface area contributed by atoms with Crippen LogP contribution in [0.2, 0.25) is 0 Å². The first-order valence-corrected chi connectivity index (χ1v) is 5.49. The lowest BCUT2D eigenvalue weighted by Crippen LogP contribution is -2.10. The van der Waals surface area contributed by atoms with Gasteiger partial charge in [-0.15, -0.1) is 0 Å². The molecular formula is C14H24. The molecule has 0 nitrogen and oxygen atoms in total. The van der Waals surface area contributed by atoms with E-state index in [0.717, 1.165) is 0 Å². The minimum atomic E-state index is 0.284. The van der Waals surface area contributed by atoms with Gasteiger partial charge in [0.1, 0.15) is 0 Å². The molecule has 0 aliphatic heterocycles. The summed E-state index contributed by atoms with van der Waals surface area (Å²) in [6.07, 6.45) is 1.25. The van der Waals surface area contributed by atoms with E-state index in [2.05, 4.69) is 65.8 Å². The van der Waals surface area contributed by atoms with E-state index in [1.165, 1.54) is 17.5 Å². The Labute approximate surface area is 89.4 Å². The van der Waals surface area contributed by atoms with Crippen molar-refractivity contribution in [2.75, 3.05) is 0 Å². The summed E-state index contributed by atoms with van der Waals surface area (Å²) in [5.74, 6) is 0. The van der Waals surface area contributed by atoms with Gasteiger partial charge in [0.25, 0.3) is 0 Å². The summed E-state index contributed by atoms with van der Waals surface area (Å²) in [5.41, 5.74) is 3.04. The molecule has 0 amide bonds. The molecule has 0 unspecified atom stereocenters. The van der Waals surface area contributed by atoms with Gasteiger partial charge in [0.15, 0.2) is 0 Å². The zero-order valence-electron chi connectivity index (χ0n) is 10.5. The van der Waals surface area contributed by atoms with E-state index in [4.69, 9.17) is 0 Å². The predicted molar refractivity (Wildman–Crippen MR) is 65.8 cm³/mol. The molecule has 0 aliphatic carbocycles. The fourth-order valence-electron chi connectivity index (χ4n) is 1.11. The van der Waals surface area contributed by atoms with Gasteiger partial charge in [-0.05, 0) is 17.9 Å². The zero-order valence-corrected chi connectivity index (χ0v) is 10.5. The highest BCUT2D eigenvalue weighted by atomic mass is 14.2. The number of hydrogen-bond donors (Lipinski definition) is 0. The van der Waals surface area contributed by atoms with Crippen molar-refractivity contribution in [1.29, 1.82) is 0 Å². The standard InChI is InChI=1S/C11H16.C3H8/c1-9-6-5-7-10(8-9)11(2,3)4;1-3-2/h5-8H,1-4H3;3H2,1-2H3. The third kappa shape index (κ3) is 5.06. The smallest absolute Gasteiger partial charge is 0.0132 e. The van der Waals surface area contributed by atoms with Gasteiger partial charge in [0, 0.05) is 0 Å². The molecule has 0 spiro atoms. The van der Waals surface area contributed by atoms with Gasteiger partial charge in [-0.3, -0.25) is 0 Å². The minimum absolute atomic E-state index is 0.284. The molecule has 0 heterocycles. The molecule has 80 valence electrons. The second-order valence-electron chi connectivity index (χ2n) is 4.83. The summed E-state index contributed by atoms with van der Waals surface area (Å²) < 4.78 is 0. The van der Waals surface area contributed by atoms with Crippen LogP contribution in [0.25, 0.3) is 0 Å². The SMILES string of the molecule is CCC.Cc1cccc(C(C)(C)C)c1. The normalized spacial score (nSPS) is 10.4. The molecular weight excluding hydrogens is 168 g/mol. The van der Waals surface area contributed by atoms with Crippen molar-refractivity contribution in [1.82, 2.24) is 0 Å². The molecule has 1 rings (SSSR count). The molecule has 0 fully saturated rings. The second kappa shape index (κ2) is 5.85. The van der Waals surface area contributed by atoms with Crippen LogP contribution in [0.5, 0.6) is 0 Å². The molecule has 0 saturated heterocycles. The van der Waals surface area contributed by atoms with Gasteiger partial charge in [0.05, 0.1) is 0 Å². The number of benzene rings is 1. The van der Waals surface area contributed by atoms with Gasteiger partial charge in [-0.2, -0.15) is 0 Å². The second-order valence-corrected chi connectivity index (χ2v) is 4.83. The van der Waals surface area contributed by atoms with E-state index in [1.54, 1.807) is 0 Å². The van der Waals surface area contributed by atoms with E-state index in [0.29, 0.717) is 0 Å². The molecule has 0 bridgehead atoms. The third-order valence-electron chi connectivity index (χ3n) is 1.88. The molecule has 0 heteroatoms. The van der Waals surface area contributed by atoms with Crippen LogP contribution < -0.4 is 0 Å². The van der Waals surface area contributed by atoms with E-state index in [-0.39, 0.29) is 5.41 Å². The zero-order chi connectivity index (χ0) is 11.2. The molecule has 0 radical (unpaired) electrons. The number of hydrogen-bond acceptors (Lipinski definition) is 0. The Morgan fingerprint density at radius 3 is 1.86 bits per heavy atom. The maximum atomic E-state index is 2.25. The molecule has 0 aliphatic rings. The summed E-state index contributed by atoms with van der Waals surface area (Å²) in [7, 11) is 0. The molecule has 0 atom stereocenters. The molecule has 0 N–H and O–H groups in total. The maximum Gasteiger partial charge on any atom is -0.0132 e. The lowest BCUT2D eigenvalue weighted by Gasteiger charge is -2.19. The fourth-order valence-corrected chi connectivity index (χ4v) is 1.11. The van der Waals surface area contributed by atoms with Crippen molar-refractivity contribution in [3.8, 4) is 0 Å². The van der Waals surface area contributed by atoms with Gasteiger partial charge in [-0.25, -0.2) is 0 Å². The highest BCUT2D eigenvalue weighted by Gasteiger charge is 2.12.